The minimum absolute atomic E-state index is 0.411. The summed E-state index contributed by atoms with van der Waals surface area (Å²) in [6.07, 6.45) is 1.49. The minimum Gasteiger partial charge on any atom is -0.318 e. The lowest BCUT2D eigenvalue weighted by Crippen LogP contribution is -2.32. The summed E-state index contributed by atoms with van der Waals surface area (Å²) in [5.74, 6) is -1.16. The summed E-state index contributed by atoms with van der Waals surface area (Å²) in [6.45, 7) is 6.17. The second-order valence-corrected chi connectivity index (χ2v) is 5.84. The van der Waals surface area contributed by atoms with Crippen LogP contribution in [0, 0.1) is 6.92 Å². The van der Waals surface area contributed by atoms with Crippen LogP contribution in [-0.2, 0) is 9.59 Å². The molecule has 0 fully saturated rings. The molecule has 0 atom stereocenters. The molecule has 0 aliphatic heterocycles. The lowest BCUT2D eigenvalue weighted by molar-refractivity contribution is -0.136. The summed E-state index contributed by atoms with van der Waals surface area (Å²) >= 11 is 0. The van der Waals surface area contributed by atoms with Gasteiger partial charge in [0, 0.05) is 5.69 Å². The number of hydrogen-bond donors (Lipinski definition) is 2. The van der Waals surface area contributed by atoms with Crippen molar-refractivity contribution in [3.8, 4) is 0 Å². The number of amides is 2. The fourth-order valence-electron chi connectivity index (χ4n) is 2.01. The number of anilines is 1. The van der Waals surface area contributed by atoms with Gasteiger partial charge in [0.1, 0.15) is 0 Å². The maximum absolute atomic E-state index is 11.8. The monoisotopic (exact) mass is 323 g/mol. The Morgan fingerprint density at radius 1 is 0.958 bits per heavy atom. The molecule has 124 valence electrons. The number of aryl methyl sites for hydroxylation is 1. The first-order valence-electron chi connectivity index (χ1n) is 7.76. The Balaban J connectivity index is 1.87. The zero-order valence-electron chi connectivity index (χ0n) is 14.0. The number of carbonyl (C=O) groups is 2. The normalized spacial score (nSPS) is 10.8. The van der Waals surface area contributed by atoms with Gasteiger partial charge in [-0.1, -0.05) is 55.8 Å². The van der Waals surface area contributed by atoms with Crippen molar-refractivity contribution in [1.82, 2.24) is 5.43 Å². The molecular formula is C19H21N3O2. The Bertz CT molecular complexity index is 732. The highest BCUT2D eigenvalue weighted by molar-refractivity contribution is 6.39. The SMILES string of the molecule is Cc1ccc(/C=N\NC(=O)C(=O)Nc2ccc(C(C)C)cc2)cc1. The summed E-state index contributed by atoms with van der Waals surface area (Å²) in [5.41, 5.74) is 5.93. The van der Waals surface area contributed by atoms with Gasteiger partial charge in [0.2, 0.25) is 0 Å². The van der Waals surface area contributed by atoms with E-state index in [1.54, 1.807) is 12.1 Å². The van der Waals surface area contributed by atoms with Crippen LogP contribution in [0.15, 0.2) is 53.6 Å². The van der Waals surface area contributed by atoms with Gasteiger partial charge in [0.25, 0.3) is 0 Å². The molecule has 0 aliphatic carbocycles. The summed E-state index contributed by atoms with van der Waals surface area (Å²) < 4.78 is 0. The molecule has 2 amide bonds. The lowest BCUT2D eigenvalue weighted by Gasteiger charge is -2.07. The molecule has 2 N–H and O–H groups in total. The van der Waals surface area contributed by atoms with Crippen LogP contribution in [-0.4, -0.2) is 18.0 Å². The van der Waals surface area contributed by atoms with Crippen LogP contribution in [0.25, 0.3) is 0 Å². The highest BCUT2D eigenvalue weighted by Crippen LogP contribution is 2.16. The number of hydrogen-bond acceptors (Lipinski definition) is 3. The Hall–Kier alpha value is -2.95. The molecule has 24 heavy (non-hydrogen) atoms. The van der Waals surface area contributed by atoms with Gasteiger partial charge in [-0.2, -0.15) is 5.10 Å². The lowest BCUT2D eigenvalue weighted by atomic mass is 10.0. The molecule has 0 unspecified atom stereocenters. The fraction of sp³-hybridized carbons (Fsp3) is 0.211. The average Bonchev–Trinajstić information content (AvgIpc) is 2.57. The van der Waals surface area contributed by atoms with Gasteiger partial charge in [-0.25, -0.2) is 5.43 Å². The maximum Gasteiger partial charge on any atom is 0.329 e. The van der Waals surface area contributed by atoms with Crippen LogP contribution < -0.4 is 10.7 Å². The van der Waals surface area contributed by atoms with Crippen LogP contribution in [0.3, 0.4) is 0 Å². The van der Waals surface area contributed by atoms with E-state index in [-0.39, 0.29) is 0 Å². The third-order valence-electron chi connectivity index (χ3n) is 3.50. The Kier molecular flexibility index (Phi) is 5.84. The standard InChI is InChI=1S/C19H21N3O2/c1-13(2)16-8-10-17(11-9-16)21-18(23)19(24)22-20-12-15-6-4-14(3)5-7-15/h4-13H,1-3H3,(H,21,23)(H,22,24)/b20-12-. The first-order valence-corrected chi connectivity index (χ1v) is 7.76. The van der Waals surface area contributed by atoms with Gasteiger partial charge in [0.05, 0.1) is 6.21 Å². The van der Waals surface area contributed by atoms with Gasteiger partial charge < -0.3 is 5.32 Å². The molecule has 0 spiro atoms. The maximum atomic E-state index is 11.8. The third kappa shape index (κ3) is 5.05. The predicted molar refractivity (Wildman–Crippen MR) is 96.1 cm³/mol. The van der Waals surface area contributed by atoms with Crippen molar-refractivity contribution in [3.63, 3.8) is 0 Å². The molecule has 0 saturated carbocycles. The van der Waals surface area contributed by atoms with Gasteiger partial charge in [-0.3, -0.25) is 9.59 Å². The molecule has 5 nitrogen and oxygen atoms in total. The topological polar surface area (TPSA) is 70.6 Å². The zero-order chi connectivity index (χ0) is 17.5. The molecule has 0 radical (unpaired) electrons. The van der Waals surface area contributed by atoms with E-state index in [2.05, 4.69) is 29.7 Å². The van der Waals surface area contributed by atoms with Crippen LogP contribution >= 0.6 is 0 Å². The number of hydrazone groups is 1. The van der Waals surface area contributed by atoms with E-state index >= 15 is 0 Å². The molecule has 5 heteroatoms. The minimum atomic E-state index is -0.814. The fourth-order valence-corrected chi connectivity index (χ4v) is 2.01. The Labute approximate surface area is 141 Å². The molecule has 0 saturated heterocycles. The van der Waals surface area contributed by atoms with Crippen LogP contribution in [0.1, 0.15) is 36.5 Å². The van der Waals surface area contributed by atoms with Crippen molar-refractivity contribution in [2.75, 3.05) is 5.32 Å². The highest BCUT2D eigenvalue weighted by Gasteiger charge is 2.12. The number of nitrogens with one attached hydrogen (secondary N) is 2. The Morgan fingerprint density at radius 3 is 2.17 bits per heavy atom. The van der Waals surface area contributed by atoms with Crippen LogP contribution in [0.4, 0.5) is 5.69 Å². The molecule has 0 aromatic heterocycles. The molecule has 2 aromatic carbocycles. The largest absolute Gasteiger partial charge is 0.329 e. The van der Waals surface area contributed by atoms with E-state index in [1.807, 2.05) is 43.3 Å². The first kappa shape index (κ1) is 17.4. The van der Waals surface area contributed by atoms with E-state index in [4.69, 9.17) is 0 Å². The van der Waals surface area contributed by atoms with Gasteiger partial charge >= 0.3 is 11.8 Å². The molecule has 0 heterocycles. The van der Waals surface area contributed by atoms with E-state index < -0.39 is 11.8 Å². The summed E-state index contributed by atoms with van der Waals surface area (Å²) in [5, 5.41) is 6.32. The molecule has 0 bridgehead atoms. The quantitative estimate of drug-likeness (QED) is 0.515. The van der Waals surface area contributed by atoms with Crippen molar-refractivity contribution in [1.29, 1.82) is 0 Å². The van der Waals surface area contributed by atoms with E-state index in [0.717, 1.165) is 11.1 Å². The number of rotatable bonds is 4. The first-order chi connectivity index (χ1) is 11.5. The molecule has 2 rings (SSSR count). The van der Waals surface area contributed by atoms with Crippen LogP contribution in [0.5, 0.6) is 0 Å². The van der Waals surface area contributed by atoms with E-state index in [0.29, 0.717) is 11.6 Å². The van der Waals surface area contributed by atoms with Crippen molar-refractivity contribution < 1.29 is 9.59 Å². The summed E-state index contributed by atoms with van der Waals surface area (Å²) in [4.78, 5) is 23.6. The highest BCUT2D eigenvalue weighted by atomic mass is 16.2. The zero-order valence-corrected chi connectivity index (χ0v) is 14.0. The van der Waals surface area contributed by atoms with Crippen molar-refractivity contribution in [2.24, 2.45) is 5.10 Å². The number of nitrogens with zero attached hydrogens (tertiary/aromatic N) is 1. The Morgan fingerprint density at radius 2 is 1.58 bits per heavy atom. The van der Waals surface area contributed by atoms with Crippen molar-refractivity contribution in [3.05, 3.63) is 65.2 Å². The second kappa shape index (κ2) is 8.06. The van der Waals surface area contributed by atoms with Crippen molar-refractivity contribution in [2.45, 2.75) is 26.7 Å². The van der Waals surface area contributed by atoms with Gasteiger partial charge in [-0.15, -0.1) is 0 Å². The summed E-state index contributed by atoms with van der Waals surface area (Å²) in [6, 6.07) is 15.0. The van der Waals surface area contributed by atoms with Crippen molar-refractivity contribution >= 4 is 23.7 Å². The molecular weight excluding hydrogens is 302 g/mol. The smallest absolute Gasteiger partial charge is 0.318 e. The molecule has 2 aromatic rings. The van der Waals surface area contributed by atoms with Crippen LogP contribution in [0.2, 0.25) is 0 Å². The third-order valence-corrected chi connectivity index (χ3v) is 3.50. The summed E-state index contributed by atoms with van der Waals surface area (Å²) in [7, 11) is 0. The van der Waals surface area contributed by atoms with Gasteiger partial charge in [0.15, 0.2) is 0 Å². The van der Waals surface area contributed by atoms with E-state index in [1.165, 1.54) is 11.8 Å². The molecule has 0 aliphatic rings. The van der Waals surface area contributed by atoms with E-state index in [9.17, 15) is 9.59 Å². The number of carbonyl (C=O) groups excluding carboxylic acids is 2. The van der Waals surface area contributed by atoms with Gasteiger partial charge in [-0.05, 0) is 36.1 Å². The second-order valence-electron chi connectivity index (χ2n) is 5.84. The number of benzene rings is 2. The average molecular weight is 323 g/mol. The predicted octanol–water partition coefficient (Wildman–Crippen LogP) is 3.21.